The first kappa shape index (κ1) is 20.9. The van der Waals surface area contributed by atoms with Gasteiger partial charge in [0.05, 0.1) is 11.5 Å². The maximum absolute atomic E-state index is 13.5. The van der Waals surface area contributed by atoms with Crippen LogP contribution in [-0.2, 0) is 19.4 Å². The Morgan fingerprint density at radius 3 is 2.18 bits per heavy atom. The number of sulfone groups is 1. The molecule has 3 rings (SSSR count). The van der Waals surface area contributed by atoms with Gasteiger partial charge < -0.3 is 9.64 Å². The SMILES string of the molecule is CCOC(=O)C1(S(=O)(=O)c2ccc(Sc3ccccc3)cc2)CCN(C)CC1. The van der Waals surface area contributed by atoms with Gasteiger partial charge in [0.15, 0.2) is 14.6 Å². The topological polar surface area (TPSA) is 63.7 Å². The van der Waals surface area contributed by atoms with Crippen LogP contribution in [0.1, 0.15) is 19.8 Å². The number of nitrogens with zero attached hydrogens (tertiary/aromatic N) is 1. The molecule has 0 radical (unpaired) electrons. The van der Waals surface area contributed by atoms with E-state index in [4.69, 9.17) is 4.74 Å². The number of ether oxygens (including phenoxy) is 1. The lowest BCUT2D eigenvalue weighted by atomic mass is 9.96. The van der Waals surface area contributed by atoms with E-state index in [1.54, 1.807) is 43.0 Å². The monoisotopic (exact) mass is 419 g/mol. The third-order valence-electron chi connectivity index (χ3n) is 5.07. The maximum atomic E-state index is 13.5. The summed E-state index contributed by atoms with van der Waals surface area (Å²) in [6, 6.07) is 16.7. The number of piperidine rings is 1. The van der Waals surface area contributed by atoms with Crippen LogP contribution in [0.25, 0.3) is 0 Å². The standard InChI is InChI=1S/C21H25NO4S2/c1-3-26-20(23)21(13-15-22(2)16-14-21)28(24,25)19-11-9-18(10-12-19)27-17-7-5-4-6-8-17/h4-12H,3,13-16H2,1-2H3. The minimum absolute atomic E-state index is 0.165. The molecular formula is C21H25NO4S2. The van der Waals surface area contributed by atoms with Gasteiger partial charge in [0.1, 0.15) is 0 Å². The zero-order valence-electron chi connectivity index (χ0n) is 16.1. The first-order valence-electron chi connectivity index (χ1n) is 9.32. The van der Waals surface area contributed by atoms with E-state index in [-0.39, 0.29) is 24.3 Å². The number of carbonyl (C=O) groups is 1. The van der Waals surface area contributed by atoms with Crippen molar-refractivity contribution in [2.24, 2.45) is 0 Å². The van der Waals surface area contributed by atoms with E-state index < -0.39 is 20.6 Å². The largest absolute Gasteiger partial charge is 0.465 e. The van der Waals surface area contributed by atoms with Crippen LogP contribution in [0.2, 0.25) is 0 Å². The molecule has 150 valence electrons. The summed E-state index contributed by atoms with van der Waals surface area (Å²) in [5.41, 5.74) is 0. The Morgan fingerprint density at radius 1 is 1.04 bits per heavy atom. The van der Waals surface area contributed by atoms with Crippen molar-refractivity contribution in [3.8, 4) is 0 Å². The lowest BCUT2D eigenvalue weighted by molar-refractivity contribution is -0.147. The average Bonchev–Trinajstić information content (AvgIpc) is 2.70. The predicted molar refractivity (Wildman–Crippen MR) is 110 cm³/mol. The number of hydrogen-bond donors (Lipinski definition) is 0. The molecule has 0 aromatic heterocycles. The summed E-state index contributed by atoms with van der Waals surface area (Å²) in [5, 5.41) is 0. The average molecular weight is 420 g/mol. The fourth-order valence-electron chi connectivity index (χ4n) is 3.36. The van der Waals surface area contributed by atoms with Crippen molar-refractivity contribution >= 4 is 27.6 Å². The molecule has 2 aromatic carbocycles. The molecule has 1 aliphatic rings. The maximum Gasteiger partial charge on any atom is 0.327 e. The van der Waals surface area contributed by atoms with Crippen molar-refractivity contribution in [1.29, 1.82) is 0 Å². The highest BCUT2D eigenvalue weighted by atomic mass is 32.2. The molecule has 0 aliphatic carbocycles. The Balaban J connectivity index is 1.89. The molecule has 1 saturated heterocycles. The Kier molecular flexibility index (Phi) is 6.47. The molecule has 0 saturated carbocycles. The van der Waals surface area contributed by atoms with Gasteiger partial charge in [-0.2, -0.15) is 0 Å². The molecule has 0 bridgehead atoms. The minimum Gasteiger partial charge on any atom is -0.465 e. The number of rotatable bonds is 6. The lowest BCUT2D eigenvalue weighted by Crippen LogP contribution is -2.54. The normalized spacial score (nSPS) is 17.2. The summed E-state index contributed by atoms with van der Waals surface area (Å²) in [6.45, 7) is 2.95. The van der Waals surface area contributed by atoms with Gasteiger partial charge >= 0.3 is 5.97 Å². The van der Waals surface area contributed by atoms with Gasteiger partial charge in [0, 0.05) is 9.79 Å². The van der Waals surface area contributed by atoms with Crippen LogP contribution in [0.5, 0.6) is 0 Å². The van der Waals surface area contributed by atoms with E-state index >= 15 is 0 Å². The minimum atomic E-state index is -3.87. The molecule has 0 atom stereocenters. The van der Waals surface area contributed by atoms with Crippen LogP contribution in [0.4, 0.5) is 0 Å². The smallest absolute Gasteiger partial charge is 0.327 e. The first-order valence-corrected chi connectivity index (χ1v) is 11.6. The van der Waals surface area contributed by atoms with E-state index in [0.29, 0.717) is 13.1 Å². The van der Waals surface area contributed by atoms with Crippen molar-refractivity contribution in [3.63, 3.8) is 0 Å². The first-order chi connectivity index (χ1) is 13.4. The predicted octanol–water partition coefficient (Wildman–Crippen LogP) is 3.64. The zero-order valence-corrected chi connectivity index (χ0v) is 17.8. The van der Waals surface area contributed by atoms with Crippen molar-refractivity contribution in [3.05, 3.63) is 54.6 Å². The number of likely N-dealkylation sites (tertiary alicyclic amines) is 1. The third-order valence-corrected chi connectivity index (χ3v) is 8.58. The van der Waals surface area contributed by atoms with Crippen LogP contribution in [-0.4, -0.2) is 50.8 Å². The Morgan fingerprint density at radius 2 is 1.61 bits per heavy atom. The van der Waals surface area contributed by atoms with E-state index in [1.165, 1.54) is 0 Å². The molecule has 0 amide bonds. The molecule has 1 aliphatic heterocycles. The summed E-state index contributed by atoms with van der Waals surface area (Å²) >= 11 is 1.56. The number of hydrogen-bond acceptors (Lipinski definition) is 6. The van der Waals surface area contributed by atoms with E-state index in [0.717, 1.165) is 9.79 Å². The quantitative estimate of drug-likeness (QED) is 0.666. The number of esters is 1. The van der Waals surface area contributed by atoms with Gasteiger partial charge in [0.25, 0.3) is 0 Å². The summed E-state index contributed by atoms with van der Waals surface area (Å²) < 4.78 is 30.6. The molecule has 28 heavy (non-hydrogen) atoms. The second-order valence-corrected chi connectivity index (χ2v) is 10.3. The van der Waals surface area contributed by atoms with Crippen LogP contribution in [0, 0.1) is 0 Å². The second kappa shape index (κ2) is 8.68. The van der Waals surface area contributed by atoms with Crippen molar-refractivity contribution in [2.45, 2.75) is 39.2 Å². The number of carbonyl (C=O) groups excluding carboxylic acids is 1. The molecule has 1 heterocycles. The van der Waals surface area contributed by atoms with E-state index in [1.807, 2.05) is 42.3 Å². The van der Waals surface area contributed by atoms with Gasteiger partial charge in [-0.15, -0.1) is 0 Å². The fourth-order valence-corrected chi connectivity index (χ4v) is 6.14. The van der Waals surface area contributed by atoms with Crippen LogP contribution < -0.4 is 0 Å². The Labute approximate surface area is 171 Å². The van der Waals surface area contributed by atoms with Gasteiger partial charge in [-0.25, -0.2) is 8.42 Å². The summed E-state index contributed by atoms with van der Waals surface area (Å²) in [5.74, 6) is -0.633. The van der Waals surface area contributed by atoms with Gasteiger partial charge in [-0.3, -0.25) is 4.79 Å². The zero-order chi connectivity index (χ0) is 20.2. The van der Waals surface area contributed by atoms with Crippen molar-refractivity contribution in [2.75, 3.05) is 26.7 Å². The molecule has 0 unspecified atom stereocenters. The molecule has 0 N–H and O–H groups in total. The van der Waals surface area contributed by atoms with Gasteiger partial charge in [0.2, 0.25) is 0 Å². The molecule has 2 aromatic rings. The van der Waals surface area contributed by atoms with Crippen molar-refractivity contribution in [1.82, 2.24) is 4.90 Å². The van der Waals surface area contributed by atoms with Crippen molar-refractivity contribution < 1.29 is 17.9 Å². The highest BCUT2D eigenvalue weighted by Gasteiger charge is 2.53. The number of benzene rings is 2. The second-order valence-electron chi connectivity index (χ2n) is 6.91. The fraction of sp³-hybridized carbons (Fsp3) is 0.381. The highest BCUT2D eigenvalue weighted by Crippen LogP contribution is 2.37. The highest BCUT2D eigenvalue weighted by molar-refractivity contribution is 7.99. The van der Waals surface area contributed by atoms with E-state index in [2.05, 4.69) is 0 Å². The Hall–Kier alpha value is -1.83. The molecule has 5 nitrogen and oxygen atoms in total. The van der Waals surface area contributed by atoms with Gasteiger partial charge in [-0.1, -0.05) is 30.0 Å². The van der Waals surface area contributed by atoms with Crippen LogP contribution in [0.3, 0.4) is 0 Å². The lowest BCUT2D eigenvalue weighted by Gasteiger charge is -2.37. The van der Waals surface area contributed by atoms with Gasteiger partial charge in [-0.05, 0) is 76.3 Å². The summed E-state index contributed by atoms with van der Waals surface area (Å²) in [4.78, 5) is 17.0. The molecule has 0 spiro atoms. The van der Waals surface area contributed by atoms with E-state index in [9.17, 15) is 13.2 Å². The van der Waals surface area contributed by atoms with Crippen LogP contribution in [0.15, 0.2) is 69.3 Å². The third kappa shape index (κ3) is 4.11. The molecular weight excluding hydrogens is 394 g/mol. The molecule has 1 fully saturated rings. The summed E-state index contributed by atoms with van der Waals surface area (Å²) in [7, 11) is -1.94. The molecule has 7 heteroatoms. The Bertz CT molecular complexity index is 903. The van der Waals surface area contributed by atoms with Crippen LogP contribution >= 0.6 is 11.8 Å². The summed E-state index contributed by atoms with van der Waals surface area (Å²) in [6.07, 6.45) is 0.483.